The number of nitrogens with one attached hydrogen (secondary N) is 2. The van der Waals surface area contributed by atoms with Gasteiger partial charge in [0.05, 0.1) is 6.10 Å². The van der Waals surface area contributed by atoms with Gasteiger partial charge in [-0.1, -0.05) is 18.2 Å². The van der Waals surface area contributed by atoms with Crippen molar-refractivity contribution in [3.05, 3.63) is 66.4 Å². The summed E-state index contributed by atoms with van der Waals surface area (Å²) >= 11 is 0. The van der Waals surface area contributed by atoms with Crippen LogP contribution >= 0.6 is 0 Å². The van der Waals surface area contributed by atoms with Crippen LogP contribution in [-0.4, -0.2) is 29.2 Å². The van der Waals surface area contributed by atoms with Crippen molar-refractivity contribution in [2.75, 3.05) is 23.8 Å². The Kier molecular flexibility index (Phi) is 5.68. The van der Waals surface area contributed by atoms with Crippen molar-refractivity contribution in [2.24, 2.45) is 0 Å². The van der Waals surface area contributed by atoms with Gasteiger partial charge in [-0.2, -0.15) is 4.98 Å². The van der Waals surface area contributed by atoms with Crippen LogP contribution in [0.5, 0.6) is 11.5 Å². The summed E-state index contributed by atoms with van der Waals surface area (Å²) in [5.41, 5.74) is 1.80. The molecule has 0 amide bonds. The average Bonchev–Trinajstić information content (AvgIpc) is 3.22. The molecule has 1 unspecified atom stereocenters. The molecule has 2 N–H and O–H groups in total. The summed E-state index contributed by atoms with van der Waals surface area (Å²) in [4.78, 5) is 9.03. The van der Waals surface area contributed by atoms with E-state index in [0.29, 0.717) is 5.95 Å². The zero-order valence-electron chi connectivity index (χ0n) is 15.9. The highest BCUT2D eigenvalue weighted by Gasteiger charge is 2.15. The summed E-state index contributed by atoms with van der Waals surface area (Å²) in [5, 5.41) is 6.61. The topological polar surface area (TPSA) is 68.3 Å². The lowest BCUT2D eigenvalue weighted by Gasteiger charge is -2.13. The van der Waals surface area contributed by atoms with Gasteiger partial charge in [-0.25, -0.2) is 4.98 Å². The van der Waals surface area contributed by atoms with Gasteiger partial charge in [0.25, 0.3) is 0 Å². The zero-order chi connectivity index (χ0) is 19.2. The van der Waals surface area contributed by atoms with E-state index in [0.717, 1.165) is 54.7 Å². The fourth-order valence-corrected chi connectivity index (χ4v) is 3.10. The second-order valence-electron chi connectivity index (χ2n) is 6.80. The van der Waals surface area contributed by atoms with Crippen LogP contribution in [0.25, 0.3) is 0 Å². The van der Waals surface area contributed by atoms with Gasteiger partial charge in [0.1, 0.15) is 17.3 Å². The van der Waals surface area contributed by atoms with Crippen molar-refractivity contribution in [1.29, 1.82) is 0 Å². The summed E-state index contributed by atoms with van der Waals surface area (Å²) in [6.07, 6.45) is 2.50. The minimum Gasteiger partial charge on any atom is -0.457 e. The third-order valence-electron chi connectivity index (χ3n) is 4.48. The second-order valence-corrected chi connectivity index (χ2v) is 6.80. The van der Waals surface area contributed by atoms with Crippen molar-refractivity contribution < 1.29 is 9.47 Å². The Morgan fingerprint density at radius 3 is 2.57 bits per heavy atom. The molecule has 28 heavy (non-hydrogen) atoms. The van der Waals surface area contributed by atoms with Gasteiger partial charge in [-0.3, -0.25) is 0 Å². The Hall–Kier alpha value is -3.12. The molecule has 4 rings (SSSR count). The van der Waals surface area contributed by atoms with Crippen molar-refractivity contribution >= 4 is 17.5 Å². The van der Waals surface area contributed by atoms with Crippen LogP contribution in [0.3, 0.4) is 0 Å². The van der Waals surface area contributed by atoms with E-state index in [1.54, 1.807) is 0 Å². The quantitative estimate of drug-likeness (QED) is 0.610. The van der Waals surface area contributed by atoms with Gasteiger partial charge in [0.2, 0.25) is 5.95 Å². The zero-order valence-corrected chi connectivity index (χ0v) is 15.9. The molecule has 6 nitrogen and oxygen atoms in total. The number of rotatable bonds is 7. The number of anilines is 3. The fourth-order valence-electron chi connectivity index (χ4n) is 3.10. The first-order valence-electron chi connectivity index (χ1n) is 9.56. The fraction of sp³-hybridized carbons (Fsp3) is 0.273. The van der Waals surface area contributed by atoms with E-state index in [-0.39, 0.29) is 6.10 Å². The Bertz CT molecular complexity index is 894. The summed E-state index contributed by atoms with van der Waals surface area (Å²) in [7, 11) is 0. The van der Waals surface area contributed by atoms with Crippen LogP contribution in [0, 0.1) is 6.92 Å². The largest absolute Gasteiger partial charge is 0.457 e. The Labute approximate surface area is 164 Å². The Balaban J connectivity index is 1.39. The van der Waals surface area contributed by atoms with Crippen molar-refractivity contribution in [3.8, 4) is 11.5 Å². The first-order valence-corrected chi connectivity index (χ1v) is 9.56. The second kappa shape index (κ2) is 8.71. The molecular weight excluding hydrogens is 352 g/mol. The minimum atomic E-state index is 0.267. The van der Waals surface area contributed by atoms with Crippen LogP contribution in [0.1, 0.15) is 18.5 Å². The molecule has 1 aliphatic rings. The molecule has 144 valence electrons. The third-order valence-corrected chi connectivity index (χ3v) is 4.48. The van der Waals surface area contributed by atoms with Gasteiger partial charge < -0.3 is 20.1 Å². The molecule has 2 aromatic carbocycles. The van der Waals surface area contributed by atoms with E-state index in [9.17, 15) is 0 Å². The van der Waals surface area contributed by atoms with Gasteiger partial charge in [-0.05, 0) is 56.2 Å². The smallest absolute Gasteiger partial charge is 0.229 e. The van der Waals surface area contributed by atoms with Crippen molar-refractivity contribution in [2.45, 2.75) is 25.9 Å². The summed E-state index contributed by atoms with van der Waals surface area (Å²) < 4.78 is 11.5. The lowest BCUT2D eigenvalue weighted by Crippen LogP contribution is -2.19. The first kappa shape index (κ1) is 18.3. The highest BCUT2D eigenvalue weighted by atomic mass is 16.5. The van der Waals surface area contributed by atoms with E-state index < -0.39 is 0 Å². The minimum absolute atomic E-state index is 0.267. The molecule has 1 atom stereocenters. The molecular formula is C22H24N4O2. The monoisotopic (exact) mass is 376 g/mol. The van der Waals surface area contributed by atoms with E-state index in [1.165, 1.54) is 0 Å². The molecule has 0 aliphatic carbocycles. The van der Waals surface area contributed by atoms with Crippen LogP contribution in [0.4, 0.5) is 17.5 Å². The third kappa shape index (κ3) is 4.98. The predicted octanol–water partition coefficient (Wildman–Crippen LogP) is 4.91. The number of ether oxygens (including phenoxy) is 2. The maximum Gasteiger partial charge on any atom is 0.229 e. The van der Waals surface area contributed by atoms with E-state index in [2.05, 4.69) is 20.6 Å². The molecule has 1 aliphatic heterocycles. The van der Waals surface area contributed by atoms with E-state index in [1.807, 2.05) is 67.6 Å². The lowest BCUT2D eigenvalue weighted by molar-refractivity contribution is 0.120. The molecule has 2 heterocycles. The van der Waals surface area contributed by atoms with Gasteiger partial charge in [-0.15, -0.1) is 0 Å². The van der Waals surface area contributed by atoms with Crippen LogP contribution < -0.4 is 15.4 Å². The number of nitrogens with zero attached hydrogens (tertiary/aromatic N) is 2. The number of para-hydroxylation sites is 1. The maximum atomic E-state index is 5.82. The highest BCUT2D eigenvalue weighted by molar-refractivity contribution is 5.56. The van der Waals surface area contributed by atoms with Crippen LogP contribution in [0.2, 0.25) is 0 Å². The SMILES string of the molecule is Cc1cc(NCC2CCCO2)nc(Nc2ccc(Oc3ccccc3)cc2)n1. The normalized spacial score (nSPS) is 16.0. The number of aryl methyl sites for hydroxylation is 1. The first-order chi connectivity index (χ1) is 13.7. The number of benzene rings is 2. The Morgan fingerprint density at radius 2 is 1.82 bits per heavy atom. The van der Waals surface area contributed by atoms with Gasteiger partial charge >= 0.3 is 0 Å². The van der Waals surface area contributed by atoms with Gasteiger partial charge in [0, 0.05) is 30.6 Å². The number of hydrogen-bond donors (Lipinski definition) is 2. The molecule has 0 radical (unpaired) electrons. The molecule has 0 saturated carbocycles. The molecule has 0 bridgehead atoms. The maximum absolute atomic E-state index is 5.82. The molecule has 1 fully saturated rings. The summed E-state index contributed by atoms with van der Waals surface area (Å²) in [6, 6.07) is 19.4. The molecule has 6 heteroatoms. The Morgan fingerprint density at radius 1 is 1.04 bits per heavy atom. The van der Waals surface area contributed by atoms with Crippen molar-refractivity contribution in [1.82, 2.24) is 9.97 Å². The standard InChI is InChI=1S/C22H24N4O2/c1-16-14-21(23-15-20-8-5-13-27-20)26-22(24-16)25-17-9-11-19(12-10-17)28-18-6-3-2-4-7-18/h2-4,6-7,9-12,14,20H,5,8,13,15H2,1H3,(H2,23,24,25,26). The van der Waals surface area contributed by atoms with Crippen LogP contribution in [-0.2, 0) is 4.74 Å². The summed E-state index contributed by atoms with van der Waals surface area (Å²) in [5.74, 6) is 2.95. The molecule has 0 spiro atoms. The molecule has 1 saturated heterocycles. The number of aromatic nitrogens is 2. The van der Waals surface area contributed by atoms with Gasteiger partial charge in [0.15, 0.2) is 0 Å². The average molecular weight is 376 g/mol. The molecule has 3 aromatic rings. The van der Waals surface area contributed by atoms with E-state index >= 15 is 0 Å². The van der Waals surface area contributed by atoms with E-state index in [4.69, 9.17) is 9.47 Å². The highest BCUT2D eigenvalue weighted by Crippen LogP contribution is 2.24. The van der Waals surface area contributed by atoms with Crippen molar-refractivity contribution in [3.63, 3.8) is 0 Å². The molecule has 1 aromatic heterocycles. The number of hydrogen-bond acceptors (Lipinski definition) is 6. The predicted molar refractivity (Wildman–Crippen MR) is 110 cm³/mol. The summed E-state index contributed by atoms with van der Waals surface area (Å²) in [6.45, 7) is 3.58. The lowest BCUT2D eigenvalue weighted by atomic mass is 10.2. The van der Waals surface area contributed by atoms with Crippen LogP contribution in [0.15, 0.2) is 60.7 Å².